The van der Waals surface area contributed by atoms with Gasteiger partial charge in [0.1, 0.15) is 16.4 Å². The molecule has 3 aromatic carbocycles. The number of hydrogen-bond acceptors (Lipinski definition) is 8. The zero-order valence-corrected chi connectivity index (χ0v) is 19.4. The van der Waals surface area contributed by atoms with E-state index in [2.05, 4.69) is 4.72 Å². The molecule has 33 heavy (non-hydrogen) atoms. The fourth-order valence-electron chi connectivity index (χ4n) is 3.03. The van der Waals surface area contributed by atoms with E-state index in [1.807, 2.05) is 0 Å². The molecule has 0 saturated carbocycles. The number of anilines is 1. The number of sulfone groups is 1. The lowest BCUT2D eigenvalue weighted by molar-refractivity contribution is -0.385. The molecule has 0 radical (unpaired) electrons. The van der Waals surface area contributed by atoms with E-state index in [-0.39, 0.29) is 26.6 Å². The third-order valence-electron chi connectivity index (χ3n) is 5.07. The molecule has 0 heterocycles. The van der Waals surface area contributed by atoms with Crippen molar-refractivity contribution in [3.05, 3.63) is 75.8 Å². The first kappa shape index (κ1) is 24.0. The van der Waals surface area contributed by atoms with Crippen molar-refractivity contribution in [3.8, 4) is 11.5 Å². The van der Waals surface area contributed by atoms with E-state index >= 15 is 0 Å². The van der Waals surface area contributed by atoms with Crippen LogP contribution in [-0.2, 0) is 19.9 Å². The lowest BCUT2D eigenvalue weighted by Gasteiger charge is -2.17. The van der Waals surface area contributed by atoms with E-state index in [4.69, 9.17) is 4.74 Å². The third kappa shape index (κ3) is 4.61. The number of phenols is 1. The van der Waals surface area contributed by atoms with Crippen LogP contribution in [0.3, 0.4) is 0 Å². The Morgan fingerprint density at radius 1 is 0.939 bits per heavy atom. The summed E-state index contributed by atoms with van der Waals surface area (Å²) >= 11 is 0. The van der Waals surface area contributed by atoms with Crippen molar-refractivity contribution >= 4 is 31.2 Å². The Hall–Kier alpha value is -3.64. The molecule has 3 rings (SSSR count). The second-order valence-corrected chi connectivity index (χ2v) is 10.7. The van der Waals surface area contributed by atoms with Crippen molar-refractivity contribution < 1.29 is 31.6 Å². The van der Waals surface area contributed by atoms with Crippen molar-refractivity contribution in [2.24, 2.45) is 0 Å². The van der Waals surface area contributed by atoms with Crippen molar-refractivity contribution in [3.63, 3.8) is 0 Å². The van der Waals surface area contributed by atoms with E-state index in [0.717, 1.165) is 18.2 Å². The lowest BCUT2D eigenvalue weighted by Crippen LogP contribution is -2.15. The summed E-state index contributed by atoms with van der Waals surface area (Å²) in [5.74, 6) is -0.0784. The number of methoxy groups -OCH3 is 1. The maximum absolute atomic E-state index is 13.2. The first-order valence-corrected chi connectivity index (χ1v) is 12.3. The summed E-state index contributed by atoms with van der Waals surface area (Å²) in [7, 11) is -7.10. The second kappa shape index (κ2) is 8.71. The molecule has 0 unspecified atom stereocenters. The molecule has 10 nitrogen and oxygen atoms in total. The van der Waals surface area contributed by atoms with Crippen LogP contribution in [-0.4, -0.2) is 34.0 Å². The number of aromatic hydroxyl groups is 1. The molecule has 0 aliphatic rings. The minimum Gasteiger partial charge on any atom is -0.506 e. The summed E-state index contributed by atoms with van der Waals surface area (Å²) in [6.07, 6.45) is 0. The number of phenolic OH excluding ortho intramolecular Hbond substituents is 1. The van der Waals surface area contributed by atoms with Gasteiger partial charge in [-0.05, 0) is 61.4 Å². The fourth-order valence-corrected chi connectivity index (χ4v) is 5.61. The molecule has 0 atom stereocenters. The SMILES string of the molecule is COc1ccc(S(=O)(=O)c2cc(NS(=O)(=O)c3cccc([N+](=O)[O-])c3)c(C)c(C)c2O)cc1. The Morgan fingerprint density at radius 3 is 2.15 bits per heavy atom. The molecule has 2 N–H and O–H groups in total. The minimum atomic E-state index is -4.30. The van der Waals surface area contributed by atoms with Crippen molar-refractivity contribution in [2.45, 2.75) is 28.5 Å². The zero-order valence-electron chi connectivity index (χ0n) is 17.8. The molecule has 0 bridgehead atoms. The summed E-state index contributed by atoms with van der Waals surface area (Å²) < 4.78 is 59.4. The average Bonchev–Trinajstić information content (AvgIpc) is 2.79. The number of ether oxygens (including phenoxy) is 1. The van der Waals surface area contributed by atoms with Gasteiger partial charge in [-0.2, -0.15) is 0 Å². The maximum Gasteiger partial charge on any atom is 0.270 e. The summed E-state index contributed by atoms with van der Waals surface area (Å²) in [5.41, 5.74) is -0.0698. The first-order valence-electron chi connectivity index (χ1n) is 9.38. The van der Waals surface area contributed by atoms with Gasteiger partial charge in [0.05, 0.1) is 27.5 Å². The van der Waals surface area contributed by atoms with E-state index in [1.54, 1.807) is 0 Å². The van der Waals surface area contributed by atoms with Crippen LogP contribution >= 0.6 is 0 Å². The smallest absolute Gasteiger partial charge is 0.270 e. The Morgan fingerprint density at radius 2 is 1.58 bits per heavy atom. The van der Waals surface area contributed by atoms with Crippen LogP contribution in [0.15, 0.2) is 69.3 Å². The standard InChI is InChI=1S/C21H20N2O8S2/c1-13-14(2)21(24)20(32(27,28)17-9-7-16(31-3)8-10-17)12-19(13)22-33(29,30)18-6-4-5-15(11-18)23(25)26/h4-12,22,24H,1-3H3. The second-order valence-electron chi connectivity index (χ2n) is 7.06. The Balaban J connectivity index is 2.11. The molecular formula is C21H20N2O8S2. The number of rotatable bonds is 7. The van der Waals surface area contributed by atoms with E-state index in [9.17, 15) is 32.1 Å². The summed E-state index contributed by atoms with van der Waals surface area (Å²) in [4.78, 5) is 9.27. The molecule has 0 saturated heterocycles. The predicted molar refractivity (Wildman–Crippen MR) is 120 cm³/mol. The Kier molecular flexibility index (Phi) is 6.34. The van der Waals surface area contributed by atoms with Crippen LogP contribution in [0.4, 0.5) is 11.4 Å². The van der Waals surface area contributed by atoms with Gasteiger partial charge in [0.2, 0.25) is 9.84 Å². The molecule has 0 spiro atoms. The topological polar surface area (TPSA) is 153 Å². The van der Waals surface area contributed by atoms with Gasteiger partial charge in [-0.15, -0.1) is 0 Å². The summed E-state index contributed by atoms with van der Waals surface area (Å²) in [6.45, 7) is 2.95. The van der Waals surface area contributed by atoms with Gasteiger partial charge in [0.25, 0.3) is 15.7 Å². The molecule has 0 aromatic heterocycles. The molecule has 12 heteroatoms. The van der Waals surface area contributed by atoms with Gasteiger partial charge in [0, 0.05) is 12.1 Å². The number of benzene rings is 3. The van der Waals surface area contributed by atoms with Gasteiger partial charge in [0.15, 0.2) is 0 Å². The molecule has 0 fully saturated rings. The van der Waals surface area contributed by atoms with Crippen molar-refractivity contribution in [2.75, 3.05) is 11.8 Å². The van der Waals surface area contributed by atoms with Crippen LogP contribution in [0.25, 0.3) is 0 Å². The van der Waals surface area contributed by atoms with E-state index in [0.29, 0.717) is 5.75 Å². The van der Waals surface area contributed by atoms with Crippen LogP contribution in [0.2, 0.25) is 0 Å². The van der Waals surface area contributed by atoms with E-state index < -0.39 is 41.1 Å². The lowest BCUT2D eigenvalue weighted by atomic mass is 10.1. The van der Waals surface area contributed by atoms with E-state index in [1.165, 1.54) is 57.4 Å². The highest BCUT2D eigenvalue weighted by molar-refractivity contribution is 7.93. The zero-order chi connectivity index (χ0) is 24.6. The number of nitro groups is 1. The fraction of sp³-hybridized carbons (Fsp3) is 0.143. The quantitative estimate of drug-likeness (QED) is 0.288. The minimum absolute atomic E-state index is 0.0936. The van der Waals surface area contributed by atoms with Crippen LogP contribution in [0, 0.1) is 24.0 Å². The highest BCUT2D eigenvalue weighted by atomic mass is 32.2. The first-order chi connectivity index (χ1) is 15.4. The normalized spacial score (nSPS) is 11.7. The van der Waals surface area contributed by atoms with Gasteiger partial charge >= 0.3 is 0 Å². The van der Waals surface area contributed by atoms with Crippen LogP contribution in [0.5, 0.6) is 11.5 Å². The molecule has 0 aliphatic carbocycles. The molecule has 3 aromatic rings. The number of nitrogens with one attached hydrogen (secondary N) is 1. The molecule has 0 aliphatic heterocycles. The number of hydrogen-bond donors (Lipinski definition) is 2. The third-order valence-corrected chi connectivity index (χ3v) is 8.22. The Labute approximate surface area is 190 Å². The average molecular weight is 493 g/mol. The monoisotopic (exact) mass is 492 g/mol. The highest BCUT2D eigenvalue weighted by Gasteiger charge is 2.27. The van der Waals surface area contributed by atoms with Gasteiger partial charge in [-0.3, -0.25) is 14.8 Å². The summed E-state index contributed by atoms with van der Waals surface area (Å²) in [5, 5.41) is 21.6. The van der Waals surface area contributed by atoms with Crippen LogP contribution in [0.1, 0.15) is 11.1 Å². The van der Waals surface area contributed by atoms with Gasteiger partial charge < -0.3 is 9.84 Å². The summed E-state index contributed by atoms with van der Waals surface area (Å²) in [6, 6.07) is 10.9. The van der Waals surface area contributed by atoms with Gasteiger partial charge in [-0.1, -0.05) is 6.07 Å². The molecule has 174 valence electrons. The number of nitrogens with zero attached hydrogens (tertiary/aromatic N) is 1. The van der Waals surface area contributed by atoms with Gasteiger partial charge in [-0.25, -0.2) is 16.8 Å². The largest absolute Gasteiger partial charge is 0.506 e. The maximum atomic E-state index is 13.2. The van der Waals surface area contributed by atoms with Crippen LogP contribution < -0.4 is 9.46 Å². The number of nitro benzene ring substituents is 1. The number of non-ortho nitro benzene ring substituents is 1. The highest BCUT2D eigenvalue weighted by Crippen LogP contribution is 2.38. The van der Waals surface area contributed by atoms with Crippen molar-refractivity contribution in [1.82, 2.24) is 0 Å². The molecular weight excluding hydrogens is 472 g/mol. The predicted octanol–water partition coefficient (Wildman–Crippen LogP) is 3.56. The molecule has 0 amide bonds. The van der Waals surface area contributed by atoms with Crippen molar-refractivity contribution in [1.29, 1.82) is 0 Å². The number of sulfonamides is 1. The Bertz CT molecular complexity index is 1450.